The Morgan fingerprint density at radius 1 is 1.37 bits per heavy atom. The van der Waals surface area contributed by atoms with Gasteiger partial charge >= 0.3 is 0 Å². The fraction of sp³-hybridized carbons (Fsp3) is 0.647. The summed E-state index contributed by atoms with van der Waals surface area (Å²) in [6, 6.07) is 7.93. The molecule has 0 heterocycles. The summed E-state index contributed by atoms with van der Waals surface area (Å²) in [4.78, 5) is 0. The first kappa shape index (κ1) is 14.5. The molecule has 0 aromatic heterocycles. The van der Waals surface area contributed by atoms with E-state index < -0.39 is 0 Å². The number of hydrogen-bond donors (Lipinski definition) is 1. The Balaban J connectivity index is 1.92. The van der Waals surface area contributed by atoms with E-state index in [0.717, 1.165) is 12.0 Å². The van der Waals surface area contributed by atoms with Gasteiger partial charge in [0.1, 0.15) is 5.82 Å². The van der Waals surface area contributed by atoms with Crippen LogP contribution in [0.3, 0.4) is 0 Å². The second kappa shape index (κ2) is 6.04. The number of nitrogens with one attached hydrogen (secondary N) is 1. The van der Waals surface area contributed by atoms with Gasteiger partial charge in [-0.25, -0.2) is 4.39 Å². The third-order valence-electron chi connectivity index (χ3n) is 4.42. The summed E-state index contributed by atoms with van der Waals surface area (Å²) in [5.41, 5.74) is 1.46. The van der Waals surface area contributed by atoms with Crippen LogP contribution in [0.2, 0.25) is 0 Å². The Labute approximate surface area is 116 Å². The van der Waals surface area contributed by atoms with Crippen molar-refractivity contribution in [3.05, 3.63) is 35.6 Å². The molecular formula is C17H26FN. The lowest BCUT2D eigenvalue weighted by Gasteiger charge is -2.40. The van der Waals surface area contributed by atoms with Gasteiger partial charge in [0.25, 0.3) is 0 Å². The molecule has 19 heavy (non-hydrogen) atoms. The van der Waals surface area contributed by atoms with Gasteiger partial charge in [-0.05, 0) is 49.3 Å². The Hall–Kier alpha value is -0.890. The summed E-state index contributed by atoms with van der Waals surface area (Å²) >= 11 is 0. The zero-order valence-electron chi connectivity index (χ0n) is 12.4. The van der Waals surface area contributed by atoms with Crippen LogP contribution < -0.4 is 5.32 Å². The molecule has 0 aliphatic heterocycles. The van der Waals surface area contributed by atoms with Crippen molar-refractivity contribution >= 4 is 0 Å². The normalized spacial score (nSPS) is 24.1. The van der Waals surface area contributed by atoms with Crippen molar-refractivity contribution in [1.29, 1.82) is 0 Å². The molecule has 1 aromatic carbocycles. The molecule has 1 aliphatic carbocycles. The molecule has 1 saturated carbocycles. The smallest absolute Gasteiger partial charge is 0.123 e. The molecule has 1 fully saturated rings. The Morgan fingerprint density at radius 2 is 2.16 bits per heavy atom. The summed E-state index contributed by atoms with van der Waals surface area (Å²) in [5, 5.41) is 3.75. The molecule has 1 nitrogen and oxygen atoms in total. The molecule has 106 valence electrons. The van der Waals surface area contributed by atoms with Gasteiger partial charge in [-0.3, -0.25) is 0 Å². The van der Waals surface area contributed by atoms with Crippen LogP contribution >= 0.6 is 0 Å². The van der Waals surface area contributed by atoms with Crippen LogP contribution in [0.5, 0.6) is 0 Å². The molecule has 0 radical (unpaired) electrons. The van der Waals surface area contributed by atoms with Crippen molar-refractivity contribution in [1.82, 2.24) is 5.32 Å². The Morgan fingerprint density at radius 3 is 2.84 bits per heavy atom. The molecule has 0 spiro atoms. The lowest BCUT2D eigenvalue weighted by Crippen LogP contribution is -2.48. The highest BCUT2D eigenvalue weighted by Crippen LogP contribution is 2.35. The van der Waals surface area contributed by atoms with Crippen LogP contribution in [0.4, 0.5) is 4.39 Å². The Bertz CT molecular complexity index is 413. The minimum atomic E-state index is -0.136. The van der Waals surface area contributed by atoms with Crippen molar-refractivity contribution in [3.8, 4) is 0 Å². The van der Waals surface area contributed by atoms with E-state index in [4.69, 9.17) is 0 Å². The number of benzene rings is 1. The quantitative estimate of drug-likeness (QED) is 0.853. The molecule has 1 aromatic rings. The molecular weight excluding hydrogens is 237 g/mol. The van der Waals surface area contributed by atoms with Gasteiger partial charge in [0, 0.05) is 12.1 Å². The fourth-order valence-electron chi connectivity index (χ4n) is 3.22. The number of hydrogen-bond acceptors (Lipinski definition) is 1. The van der Waals surface area contributed by atoms with E-state index in [-0.39, 0.29) is 5.82 Å². The second-order valence-electron chi connectivity index (χ2n) is 6.69. The second-order valence-corrected chi connectivity index (χ2v) is 6.69. The first-order chi connectivity index (χ1) is 8.97. The zero-order valence-corrected chi connectivity index (χ0v) is 12.4. The van der Waals surface area contributed by atoms with Gasteiger partial charge in [-0.15, -0.1) is 0 Å². The van der Waals surface area contributed by atoms with Crippen molar-refractivity contribution in [2.75, 3.05) is 0 Å². The lowest BCUT2D eigenvalue weighted by atomic mass is 9.73. The highest BCUT2D eigenvalue weighted by atomic mass is 19.1. The summed E-state index contributed by atoms with van der Waals surface area (Å²) in [6.45, 7) is 6.92. The molecule has 0 bridgehead atoms. The molecule has 1 aliphatic rings. The van der Waals surface area contributed by atoms with Crippen molar-refractivity contribution in [2.45, 2.75) is 65.0 Å². The van der Waals surface area contributed by atoms with Crippen LogP contribution in [0.25, 0.3) is 0 Å². The van der Waals surface area contributed by atoms with Crippen molar-refractivity contribution < 1.29 is 4.39 Å². The van der Waals surface area contributed by atoms with Gasteiger partial charge in [0.2, 0.25) is 0 Å². The van der Waals surface area contributed by atoms with E-state index in [1.165, 1.54) is 31.7 Å². The summed E-state index contributed by atoms with van der Waals surface area (Å²) in [5.74, 6) is -0.136. The van der Waals surface area contributed by atoms with Gasteiger partial charge in [0.05, 0.1) is 0 Å². The monoisotopic (exact) mass is 263 g/mol. The largest absolute Gasteiger partial charge is 0.311 e. The maximum Gasteiger partial charge on any atom is 0.123 e. The van der Waals surface area contributed by atoms with E-state index in [9.17, 15) is 4.39 Å². The summed E-state index contributed by atoms with van der Waals surface area (Å²) in [6.07, 6.45) is 6.14. The average Bonchev–Trinajstić information content (AvgIpc) is 2.32. The van der Waals surface area contributed by atoms with Gasteiger partial charge in [-0.1, -0.05) is 38.8 Å². The predicted molar refractivity (Wildman–Crippen MR) is 78.7 cm³/mol. The first-order valence-electron chi connectivity index (χ1n) is 7.48. The molecule has 1 N–H and O–H groups in total. The molecule has 0 amide bonds. The van der Waals surface area contributed by atoms with Crippen LogP contribution in [0.15, 0.2) is 24.3 Å². The van der Waals surface area contributed by atoms with Gasteiger partial charge in [0.15, 0.2) is 0 Å². The number of rotatable bonds is 4. The van der Waals surface area contributed by atoms with Gasteiger partial charge in [-0.2, -0.15) is 0 Å². The zero-order chi connectivity index (χ0) is 13.9. The van der Waals surface area contributed by atoms with E-state index in [2.05, 4.69) is 26.1 Å². The fourth-order valence-corrected chi connectivity index (χ4v) is 3.22. The molecule has 2 atom stereocenters. The molecule has 2 heteroatoms. The third kappa shape index (κ3) is 4.04. The van der Waals surface area contributed by atoms with Crippen LogP contribution in [-0.4, -0.2) is 12.1 Å². The Kier molecular flexibility index (Phi) is 4.62. The minimum Gasteiger partial charge on any atom is -0.311 e. The molecule has 2 rings (SSSR count). The SMILES string of the molecule is CC(Cc1cccc(F)c1)NC1CCCCC1(C)C. The average molecular weight is 263 g/mol. The van der Waals surface area contributed by atoms with E-state index in [1.807, 2.05) is 6.07 Å². The van der Waals surface area contributed by atoms with Crippen LogP contribution in [-0.2, 0) is 6.42 Å². The maximum atomic E-state index is 13.2. The van der Waals surface area contributed by atoms with E-state index >= 15 is 0 Å². The molecule has 2 unspecified atom stereocenters. The molecule has 0 saturated heterocycles. The van der Waals surface area contributed by atoms with Crippen LogP contribution in [0.1, 0.15) is 52.0 Å². The van der Waals surface area contributed by atoms with Crippen molar-refractivity contribution in [2.24, 2.45) is 5.41 Å². The van der Waals surface area contributed by atoms with Crippen molar-refractivity contribution in [3.63, 3.8) is 0 Å². The van der Waals surface area contributed by atoms with Crippen LogP contribution in [0, 0.1) is 11.2 Å². The highest BCUT2D eigenvalue weighted by molar-refractivity contribution is 5.17. The van der Waals surface area contributed by atoms with E-state index in [1.54, 1.807) is 12.1 Å². The predicted octanol–water partition coefficient (Wildman–Crippen LogP) is 4.32. The van der Waals surface area contributed by atoms with Gasteiger partial charge < -0.3 is 5.32 Å². The summed E-state index contributed by atoms with van der Waals surface area (Å²) < 4.78 is 13.2. The maximum absolute atomic E-state index is 13.2. The first-order valence-corrected chi connectivity index (χ1v) is 7.48. The third-order valence-corrected chi connectivity index (χ3v) is 4.42. The summed E-state index contributed by atoms with van der Waals surface area (Å²) in [7, 11) is 0. The van der Waals surface area contributed by atoms with E-state index in [0.29, 0.717) is 17.5 Å². The topological polar surface area (TPSA) is 12.0 Å². The number of halogens is 1. The highest BCUT2D eigenvalue weighted by Gasteiger charge is 2.32. The standard InChI is InChI=1S/C17H26FN/c1-13(11-14-7-6-8-15(18)12-14)19-16-9-4-5-10-17(16,2)3/h6-8,12-13,16,19H,4-5,9-11H2,1-3H3. The minimum absolute atomic E-state index is 0.136. The lowest BCUT2D eigenvalue weighted by molar-refractivity contribution is 0.157.